The standard InChI is InChI=1S/C24H15FN2O4/c1-30-22-12-16(27-23(28)18-8-6-14(13-26)10-20(18)25)7-9-17(22)19-11-15-4-2-3-5-21(15)31-24(19)29/h2-12H,1H3,(H,27,28). The highest BCUT2D eigenvalue weighted by Crippen LogP contribution is 2.32. The molecule has 0 aliphatic carbocycles. The number of amides is 1. The van der Waals surface area contributed by atoms with Gasteiger partial charge < -0.3 is 14.5 Å². The maximum Gasteiger partial charge on any atom is 0.344 e. The van der Waals surface area contributed by atoms with Gasteiger partial charge in [0.15, 0.2) is 0 Å². The fourth-order valence-corrected chi connectivity index (χ4v) is 3.21. The summed E-state index contributed by atoms with van der Waals surface area (Å²) in [7, 11) is 1.44. The van der Waals surface area contributed by atoms with E-state index in [4.69, 9.17) is 14.4 Å². The molecule has 0 aliphatic heterocycles. The smallest absolute Gasteiger partial charge is 0.344 e. The first kappa shape index (κ1) is 19.9. The number of carbonyl (C=O) groups excluding carboxylic acids is 1. The molecular weight excluding hydrogens is 399 g/mol. The third-order valence-electron chi connectivity index (χ3n) is 4.73. The minimum atomic E-state index is -0.797. The lowest BCUT2D eigenvalue weighted by molar-refractivity contribution is 0.102. The second-order valence-electron chi connectivity index (χ2n) is 6.66. The van der Waals surface area contributed by atoms with Crippen molar-refractivity contribution in [3.05, 3.63) is 94.1 Å². The summed E-state index contributed by atoms with van der Waals surface area (Å²) >= 11 is 0. The normalized spacial score (nSPS) is 10.5. The van der Waals surface area contributed by atoms with Crippen LogP contribution in [0.1, 0.15) is 15.9 Å². The van der Waals surface area contributed by atoms with Crippen LogP contribution >= 0.6 is 0 Å². The summed E-state index contributed by atoms with van der Waals surface area (Å²) in [5.74, 6) is -1.14. The average Bonchev–Trinajstić information content (AvgIpc) is 2.78. The summed E-state index contributed by atoms with van der Waals surface area (Å²) in [6.45, 7) is 0. The fraction of sp³-hybridized carbons (Fsp3) is 0.0417. The summed E-state index contributed by atoms with van der Waals surface area (Å²) < 4.78 is 24.9. The van der Waals surface area contributed by atoms with Gasteiger partial charge >= 0.3 is 5.63 Å². The van der Waals surface area contributed by atoms with Crippen molar-refractivity contribution in [2.24, 2.45) is 0 Å². The van der Waals surface area contributed by atoms with Gasteiger partial charge in [-0.25, -0.2) is 9.18 Å². The number of hydrogen-bond acceptors (Lipinski definition) is 5. The first-order valence-electron chi connectivity index (χ1n) is 9.22. The highest BCUT2D eigenvalue weighted by atomic mass is 19.1. The number of para-hydroxylation sites is 1. The van der Waals surface area contributed by atoms with Crippen molar-refractivity contribution in [1.29, 1.82) is 5.26 Å². The van der Waals surface area contributed by atoms with Gasteiger partial charge in [0.1, 0.15) is 17.1 Å². The van der Waals surface area contributed by atoms with Crippen LogP contribution in [0.3, 0.4) is 0 Å². The van der Waals surface area contributed by atoms with Crippen LogP contribution in [0.25, 0.3) is 22.1 Å². The molecular formula is C24H15FN2O4. The van der Waals surface area contributed by atoms with E-state index in [1.54, 1.807) is 30.3 Å². The van der Waals surface area contributed by atoms with Crippen LogP contribution < -0.4 is 15.7 Å². The number of rotatable bonds is 4. The van der Waals surface area contributed by atoms with Gasteiger partial charge in [0.25, 0.3) is 5.91 Å². The Morgan fingerprint density at radius 1 is 1.06 bits per heavy atom. The minimum absolute atomic E-state index is 0.120. The summed E-state index contributed by atoms with van der Waals surface area (Å²) in [4.78, 5) is 24.9. The monoisotopic (exact) mass is 414 g/mol. The van der Waals surface area contributed by atoms with Gasteiger partial charge in [-0.3, -0.25) is 4.79 Å². The van der Waals surface area contributed by atoms with Gasteiger partial charge in [0.05, 0.1) is 29.9 Å². The van der Waals surface area contributed by atoms with Crippen molar-refractivity contribution in [3.8, 4) is 22.9 Å². The number of carbonyl (C=O) groups is 1. The van der Waals surface area contributed by atoms with E-state index in [2.05, 4.69) is 5.32 Å². The summed E-state index contributed by atoms with van der Waals surface area (Å²) in [5.41, 5.74) is 1.03. The molecule has 0 atom stereocenters. The number of anilines is 1. The van der Waals surface area contributed by atoms with Gasteiger partial charge in [-0.15, -0.1) is 0 Å². The Morgan fingerprint density at radius 2 is 1.87 bits per heavy atom. The number of nitriles is 1. The van der Waals surface area contributed by atoms with Crippen molar-refractivity contribution < 1.29 is 18.3 Å². The molecule has 4 rings (SSSR count). The topological polar surface area (TPSA) is 92.3 Å². The molecule has 0 aliphatic rings. The Hall–Kier alpha value is -4.44. The number of methoxy groups -OCH3 is 1. The summed E-state index contributed by atoms with van der Waals surface area (Å²) in [5, 5.41) is 12.2. The maximum absolute atomic E-state index is 14.1. The lowest BCUT2D eigenvalue weighted by Gasteiger charge is -2.12. The molecule has 1 heterocycles. The Labute approximate surface area is 176 Å². The van der Waals surface area contributed by atoms with Crippen molar-refractivity contribution >= 4 is 22.6 Å². The number of ether oxygens (including phenoxy) is 1. The van der Waals surface area contributed by atoms with Crippen molar-refractivity contribution in [2.45, 2.75) is 0 Å². The molecule has 1 aromatic heterocycles. The predicted molar refractivity (Wildman–Crippen MR) is 114 cm³/mol. The fourth-order valence-electron chi connectivity index (χ4n) is 3.21. The van der Waals surface area contributed by atoms with E-state index >= 15 is 0 Å². The van der Waals surface area contributed by atoms with Crippen LogP contribution in [0.5, 0.6) is 5.75 Å². The maximum atomic E-state index is 14.1. The van der Waals surface area contributed by atoms with Gasteiger partial charge in [-0.2, -0.15) is 5.26 Å². The van der Waals surface area contributed by atoms with Crippen LogP contribution in [0.15, 0.2) is 75.9 Å². The lowest BCUT2D eigenvalue weighted by atomic mass is 10.0. The van der Waals surface area contributed by atoms with Crippen LogP contribution in [0.2, 0.25) is 0 Å². The van der Waals surface area contributed by atoms with Gasteiger partial charge in [0.2, 0.25) is 0 Å². The molecule has 0 radical (unpaired) electrons. The van der Waals surface area contributed by atoms with Crippen LogP contribution in [0, 0.1) is 17.1 Å². The van der Waals surface area contributed by atoms with E-state index in [0.717, 1.165) is 11.5 Å². The molecule has 0 saturated carbocycles. The number of halogens is 1. The molecule has 0 bridgehead atoms. The summed E-state index contributed by atoms with van der Waals surface area (Å²) in [6.07, 6.45) is 0. The molecule has 4 aromatic rings. The number of hydrogen-bond donors (Lipinski definition) is 1. The van der Waals surface area contributed by atoms with Crippen molar-refractivity contribution in [2.75, 3.05) is 12.4 Å². The van der Waals surface area contributed by atoms with E-state index < -0.39 is 17.3 Å². The molecule has 6 nitrogen and oxygen atoms in total. The zero-order valence-electron chi connectivity index (χ0n) is 16.3. The van der Waals surface area contributed by atoms with Gasteiger partial charge in [-0.05, 0) is 42.5 Å². The van der Waals surface area contributed by atoms with E-state index in [0.29, 0.717) is 28.1 Å². The van der Waals surface area contributed by atoms with Crippen molar-refractivity contribution in [1.82, 2.24) is 0 Å². The molecule has 3 aromatic carbocycles. The first-order valence-corrected chi connectivity index (χ1v) is 9.22. The van der Waals surface area contributed by atoms with Crippen LogP contribution in [-0.2, 0) is 0 Å². The summed E-state index contributed by atoms with van der Waals surface area (Å²) in [6, 6.07) is 19.0. The largest absolute Gasteiger partial charge is 0.496 e. The first-order chi connectivity index (χ1) is 15.0. The molecule has 7 heteroatoms. The van der Waals surface area contributed by atoms with E-state index in [9.17, 15) is 14.0 Å². The third-order valence-corrected chi connectivity index (χ3v) is 4.73. The Morgan fingerprint density at radius 3 is 2.61 bits per heavy atom. The Bertz CT molecular complexity index is 1420. The Kier molecular flexibility index (Phi) is 5.21. The average molecular weight is 414 g/mol. The lowest BCUT2D eigenvalue weighted by Crippen LogP contribution is -2.14. The molecule has 0 fully saturated rings. The second kappa shape index (κ2) is 8.13. The molecule has 0 saturated heterocycles. The van der Waals surface area contributed by atoms with E-state index in [-0.39, 0.29) is 11.1 Å². The molecule has 31 heavy (non-hydrogen) atoms. The molecule has 1 N–H and O–H groups in total. The highest BCUT2D eigenvalue weighted by molar-refractivity contribution is 6.04. The minimum Gasteiger partial charge on any atom is -0.496 e. The van der Waals surface area contributed by atoms with Crippen LogP contribution in [-0.4, -0.2) is 13.0 Å². The number of fused-ring (bicyclic) bond motifs is 1. The molecule has 0 spiro atoms. The molecule has 0 unspecified atom stereocenters. The molecule has 152 valence electrons. The van der Waals surface area contributed by atoms with Crippen molar-refractivity contribution in [3.63, 3.8) is 0 Å². The predicted octanol–water partition coefficient (Wildman–Crippen LogP) is 4.73. The van der Waals surface area contributed by atoms with Gasteiger partial charge in [0, 0.05) is 22.7 Å². The van der Waals surface area contributed by atoms with Gasteiger partial charge in [-0.1, -0.05) is 18.2 Å². The number of nitrogens with one attached hydrogen (secondary N) is 1. The second-order valence-corrected chi connectivity index (χ2v) is 6.66. The van der Waals surface area contributed by atoms with Crippen LogP contribution in [0.4, 0.5) is 10.1 Å². The highest BCUT2D eigenvalue weighted by Gasteiger charge is 2.16. The molecule has 1 amide bonds. The van der Waals surface area contributed by atoms with E-state index in [1.165, 1.54) is 25.3 Å². The Balaban J connectivity index is 1.68. The quantitative estimate of drug-likeness (QED) is 0.487. The zero-order chi connectivity index (χ0) is 22.0. The third kappa shape index (κ3) is 3.87. The van der Waals surface area contributed by atoms with E-state index in [1.807, 2.05) is 18.2 Å². The zero-order valence-corrected chi connectivity index (χ0v) is 16.3. The number of nitrogens with zero attached hydrogens (tertiary/aromatic N) is 1. The number of benzene rings is 3. The SMILES string of the molecule is COc1cc(NC(=O)c2ccc(C#N)cc2F)ccc1-c1cc2ccccc2oc1=O.